The first kappa shape index (κ1) is 11.2. The molecule has 0 heterocycles. The molecular formula is C7H10BNO4S. The van der Waals surface area contributed by atoms with Crippen LogP contribution in [0.2, 0.25) is 0 Å². The molecule has 1 aromatic rings. The molecule has 0 aliphatic carbocycles. The van der Waals surface area contributed by atoms with E-state index >= 15 is 0 Å². The van der Waals surface area contributed by atoms with Gasteiger partial charge in [0.25, 0.3) is 0 Å². The molecule has 0 amide bonds. The van der Waals surface area contributed by atoms with E-state index < -0.39 is 23.6 Å². The molecule has 5 nitrogen and oxygen atoms in total. The Balaban J connectivity index is 2.77. The van der Waals surface area contributed by atoms with Gasteiger partial charge in [-0.05, 0) is 12.1 Å². The van der Waals surface area contributed by atoms with E-state index in [2.05, 4.69) is 0 Å². The van der Waals surface area contributed by atoms with E-state index in [9.17, 15) is 8.42 Å². The SMILES string of the molecule is O=S(=O)(NCB(O)O)c1ccccc1. The van der Waals surface area contributed by atoms with Gasteiger partial charge in [-0.1, -0.05) is 18.2 Å². The quantitative estimate of drug-likeness (QED) is 0.561. The third-order valence-corrected chi connectivity index (χ3v) is 2.95. The molecule has 0 aromatic heterocycles. The number of benzene rings is 1. The molecule has 0 spiro atoms. The van der Waals surface area contributed by atoms with Gasteiger partial charge in [0.2, 0.25) is 10.0 Å². The van der Waals surface area contributed by atoms with Crippen LogP contribution in [-0.2, 0) is 10.0 Å². The number of nitrogens with one attached hydrogen (secondary N) is 1. The third kappa shape index (κ3) is 3.11. The van der Waals surface area contributed by atoms with Crippen molar-refractivity contribution in [2.24, 2.45) is 0 Å². The lowest BCUT2D eigenvalue weighted by Crippen LogP contribution is -2.34. The lowest BCUT2D eigenvalue weighted by molar-refractivity contribution is 0.404. The highest BCUT2D eigenvalue weighted by Crippen LogP contribution is 2.06. The molecule has 14 heavy (non-hydrogen) atoms. The molecule has 0 saturated carbocycles. The maximum atomic E-state index is 11.4. The van der Waals surface area contributed by atoms with Crippen molar-refractivity contribution in [3.63, 3.8) is 0 Å². The predicted octanol–water partition coefficient (Wildman–Crippen LogP) is -1.02. The standard InChI is InChI=1S/C7H10BNO4S/c10-8(11)6-9-14(12,13)7-4-2-1-3-5-7/h1-5,9-11H,6H2. The number of hydrogen-bond donors (Lipinski definition) is 3. The summed E-state index contributed by atoms with van der Waals surface area (Å²) in [5, 5.41) is 17.0. The Kier molecular flexibility index (Phi) is 3.65. The Morgan fingerprint density at radius 3 is 2.29 bits per heavy atom. The molecule has 7 heteroatoms. The van der Waals surface area contributed by atoms with Crippen molar-refractivity contribution in [1.82, 2.24) is 4.72 Å². The summed E-state index contributed by atoms with van der Waals surface area (Å²) in [6.45, 7) is 0. The van der Waals surface area contributed by atoms with E-state index in [0.29, 0.717) is 0 Å². The van der Waals surface area contributed by atoms with Crippen molar-refractivity contribution >= 4 is 17.1 Å². The van der Waals surface area contributed by atoms with Crippen LogP contribution in [0.25, 0.3) is 0 Å². The van der Waals surface area contributed by atoms with Gasteiger partial charge >= 0.3 is 7.12 Å². The van der Waals surface area contributed by atoms with Crippen LogP contribution < -0.4 is 4.72 Å². The van der Waals surface area contributed by atoms with Gasteiger partial charge in [0.05, 0.1) is 4.90 Å². The summed E-state index contributed by atoms with van der Waals surface area (Å²) in [7, 11) is -5.31. The van der Waals surface area contributed by atoms with E-state index in [-0.39, 0.29) is 4.90 Å². The van der Waals surface area contributed by atoms with E-state index in [1.165, 1.54) is 12.1 Å². The first-order valence-electron chi connectivity index (χ1n) is 3.93. The summed E-state index contributed by atoms with van der Waals surface area (Å²) in [4.78, 5) is 0.0978. The van der Waals surface area contributed by atoms with Crippen molar-refractivity contribution in [2.75, 3.05) is 6.44 Å². The average Bonchev–Trinajstić information content (AvgIpc) is 2.16. The summed E-state index contributed by atoms with van der Waals surface area (Å²) in [5.41, 5.74) is 0. The van der Waals surface area contributed by atoms with Gasteiger partial charge in [0, 0.05) is 6.44 Å². The van der Waals surface area contributed by atoms with E-state index in [1.54, 1.807) is 18.2 Å². The largest absolute Gasteiger partial charge is 0.467 e. The molecule has 0 bridgehead atoms. The molecule has 0 radical (unpaired) electrons. The summed E-state index contributed by atoms with van der Waals surface area (Å²) < 4.78 is 24.9. The Morgan fingerprint density at radius 2 is 1.79 bits per heavy atom. The highest BCUT2D eigenvalue weighted by molar-refractivity contribution is 7.89. The number of hydrogen-bond acceptors (Lipinski definition) is 4. The lowest BCUT2D eigenvalue weighted by atomic mass is 9.94. The Bertz CT molecular complexity index is 378. The molecule has 0 saturated heterocycles. The van der Waals surface area contributed by atoms with Crippen LogP contribution in [0, 0.1) is 0 Å². The average molecular weight is 215 g/mol. The highest BCUT2D eigenvalue weighted by atomic mass is 32.2. The van der Waals surface area contributed by atoms with E-state index in [4.69, 9.17) is 10.0 Å². The second-order valence-corrected chi connectivity index (χ2v) is 4.41. The fourth-order valence-electron chi connectivity index (χ4n) is 0.867. The van der Waals surface area contributed by atoms with E-state index in [1.807, 2.05) is 4.72 Å². The summed E-state index contributed by atoms with van der Waals surface area (Å²) in [5.74, 6) is 0. The van der Waals surface area contributed by atoms with Crippen LogP contribution >= 0.6 is 0 Å². The van der Waals surface area contributed by atoms with Crippen LogP contribution in [0.3, 0.4) is 0 Å². The molecule has 0 aliphatic heterocycles. The minimum atomic E-state index is -3.63. The van der Waals surface area contributed by atoms with Gasteiger partial charge in [-0.2, -0.15) is 0 Å². The second-order valence-electron chi connectivity index (χ2n) is 2.65. The summed E-state index contributed by atoms with van der Waals surface area (Å²) in [6.07, 6.45) is -0.419. The van der Waals surface area contributed by atoms with Crippen molar-refractivity contribution < 1.29 is 18.5 Å². The Hall–Kier alpha value is -0.885. The van der Waals surface area contributed by atoms with Crippen molar-refractivity contribution in [3.8, 4) is 0 Å². The molecule has 76 valence electrons. The van der Waals surface area contributed by atoms with Crippen LogP contribution in [-0.4, -0.2) is 32.0 Å². The highest BCUT2D eigenvalue weighted by Gasteiger charge is 2.16. The lowest BCUT2D eigenvalue weighted by Gasteiger charge is -2.05. The Labute approximate surface area is 82.6 Å². The fraction of sp³-hybridized carbons (Fsp3) is 0.143. The zero-order valence-corrected chi connectivity index (χ0v) is 8.11. The minimum Gasteiger partial charge on any atom is -0.426 e. The summed E-state index contributed by atoms with van der Waals surface area (Å²) in [6, 6.07) is 7.71. The number of rotatable bonds is 4. The van der Waals surface area contributed by atoms with Crippen LogP contribution in [0.4, 0.5) is 0 Å². The van der Waals surface area contributed by atoms with Gasteiger partial charge < -0.3 is 10.0 Å². The molecule has 3 N–H and O–H groups in total. The number of sulfonamides is 1. The van der Waals surface area contributed by atoms with Crippen molar-refractivity contribution in [2.45, 2.75) is 4.90 Å². The third-order valence-electron chi connectivity index (χ3n) is 1.51. The molecule has 0 aliphatic rings. The molecule has 0 atom stereocenters. The van der Waals surface area contributed by atoms with Crippen LogP contribution in [0.15, 0.2) is 35.2 Å². The van der Waals surface area contributed by atoms with Crippen LogP contribution in [0.5, 0.6) is 0 Å². The van der Waals surface area contributed by atoms with E-state index in [0.717, 1.165) is 0 Å². The normalized spacial score (nSPS) is 11.3. The van der Waals surface area contributed by atoms with Gasteiger partial charge in [0.15, 0.2) is 0 Å². The maximum absolute atomic E-state index is 11.4. The predicted molar refractivity (Wildman–Crippen MR) is 51.8 cm³/mol. The van der Waals surface area contributed by atoms with Gasteiger partial charge in [-0.25, -0.2) is 13.1 Å². The molecule has 1 rings (SSSR count). The monoisotopic (exact) mass is 215 g/mol. The minimum absolute atomic E-state index is 0.0978. The topological polar surface area (TPSA) is 86.6 Å². The zero-order valence-electron chi connectivity index (χ0n) is 7.29. The van der Waals surface area contributed by atoms with Crippen molar-refractivity contribution in [1.29, 1.82) is 0 Å². The zero-order chi connectivity index (χ0) is 10.6. The van der Waals surface area contributed by atoms with Crippen LogP contribution in [0.1, 0.15) is 0 Å². The van der Waals surface area contributed by atoms with Crippen molar-refractivity contribution in [3.05, 3.63) is 30.3 Å². The summed E-state index contributed by atoms with van der Waals surface area (Å²) >= 11 is 0. The molecule has 0 fully saturated rings. The van der Waals surface area contributed by atoms with Gasteiger partial charge in [-0.15, -0.1) is 0 Å². The smallest absolute Gasteiger partial charge is 0.426 e. The van der Waals surface area contributed by atoms with Gasteiger partial charge in [-0.3, -0.25) is 0 Å². The molecular weight excluding hydrogens is 205 g/mol. The first-order chi connectivity index (χ1) is 6.52. The maximum Gasteiger partial charge on any atom is 0.467 e. The fourth-order valence-corrected chi connectivity index (χ4v) is 1.92. The second kappa shape index (κ2) is 4.56. The Morgan fingerprint density at radius 1 is 1.21 bits per heavy atom. The molecule has 1 aromatic carbocycles. The molecule has 0 unspecified atom stereocenters. The van der Waals surface area contributed by atoms with Gasteiger partial charge in [0.1, 0.15) is 0 Å². The first-order valence-corrected chi connectivity index (χ1v) is 5.41.